The summed E-state index contributed by atoms with van der Waals surface area (Å²) in [5.41, 5.74) is 6.68. The lowest BCUT2D eigenvalue weighted by Gasteiger charge is -2.09. The van der Waals surface area contributed by atoms with Crippen molar-refractivity contribution in [3.05, 3.63) is 64.0 Å². The molecule has 2 aromatic rings. The highest BCUT2D eigenvalue weighted by molar-refractivity contribution is 6.04. The molecule has 108 valence electrons. The first-order valence-electron chi connectivity index (χ1n) is 6.24. The standard InChI is InChI=1S/C14H14N4O3/c1-9(15)12-3-2-10(8-13(12)18(20)21)14(19)17-11-4-6-16-7-5-11/h2-9H,15H2,1H3,(H,16,17,19)/t9-/m1/s1. The molecule has 0 spiro atoms. The molecule has 1 heterocycles. The van der Waals surface area contributed by atoms with E-state index in [1.807, 2.05) is 0 Å². The molecule has 0 radical (unpaired) electrons. The van der Waals surface area contributed by atoms with E-state index >= 15 is 0 Å². The van der Waals surface area contributed by atoms with Crippen molar-refractivity contribution in [1.82, 2.24) is 4.98 Å². The maximum atomic E-state index is 12.1. The van der Waals surface area contributed by atoms with E-state index < -0.39 is 16.9 Å². The molecule has 0 fully saturated rings. The first kappa shape index (κ1) is 14.6. The Morgan fingerprint density at radius 1 is 1.33 bits per heavy atom. The van der Waals surface area contributed by atoms with Crippen LogP contribution >= 0.6 is 0 Å². The second kappa shape index (κ2) is 6.10. The van der Waals surface area contributed by atoms with Crippen molar-refractivity contribution in [2.75, 3.05) is 5.32 Å². The van der Waals surface area contributed by atoms with Crippen molar-refractivity contribution >= 4 is 17.3 Å². The second-order valence-corrected chi connectivity index (χ2v) is 4.51. The van der Waals surface area contributed by atoms with E-state index in [-0.39, 0.29) is 11.3 Å². The number of anilines is 1. The largest absolute Gasteiger partial charge is 0.324 e. The van der Waals surface area contributed by atoms with Crippen molar-refractivity contribution < 1.29 is 9.72 Å². The van der Waals surface area contributed by atoms with Crippen LogP contribution in [0.5, 0.6) is 0 Å². The van der Waals surface area contributed by atoms with Crippen molar-refractivity contribution in [2.24, 2.45) is 5.73 Å². The molecule has 0 saturated carbocycles. The number of amides is 1. The number of nitrogens with zero attached hydrogens (tertiary/aromatic N) is 2. The monoisotopic (exact) mass is 286 g/mol. The number of rotatable bonds is 4. The van der Waals surface area contributed by atoms with E-state index in [9.17, 15) is 14.9 Å². The van der Waals surface area contributed by atoms with Crippen LogP contribution in [-0.2, 0) is 0 Å². The third kappa shape index (κ3) is 3.40. The summed E-state index contributed by atoms with van der Waals surface area (Å²) in [5.74, 6) is -0.430. The van der Waals surface area contributed by atoms with E-state index in [4.69, 9.17) is 5.73 Å². The van der Waals surface area contributed by atoms with Gasteiger partial charge in [0.2, 0.25) is 0 Å². The lowest BCUT2D eigenvalue weighted by molar-refractivity contribution is -0.385. The fourth-order valence-corrected chi connectivity index (χ4v) is 1.87. The lowest BCUT2D eigenvalue weighted by Crippen LogP contribution is -2.14. The minimum atomic E-state index is -0.540. The molecule has 21 heavy (non-hydrogen) atoms. The third-order valence-electron chi connectivity index (χ3n) is 2.92. The van der Waals surface area contributed by atoms with Gasteiger partial charge >= 0.3 is 0 Å². The van der Waals surface area contributed by atoms with Gasteiger partial charge in [0.05, 0.1) is 4.92 Å². The number of aromatic nitrogens is 1. The average Bonchev–Trinajstić information content (AvgIpc) is 2.47. The van der Waals surface area contributed by atoms with E-state index in [0.717, 1.165) is 0 Å². The summed E-state index contributed by atoms with van der Waals surface area (Å²) in [7, 11) is 0. The number of carbonyl (C=O) groups excluding carboxylic acids is 1. The maximum absolute atomic E-state index is 12.1. The molecule has 1 amide bonds. The van der Waals surface area contributed by atoms with E-state index in [2.05, 4.69) is 10.3 Å². The number of nitrogens with two attached hydrogens (primary N) is 1. The number of pyridine rings is 1. The van der Waals surface area contributed by atoms with Crippen LogP contribution in [-0.4, -0.2) is 15.8 Å². The van der Waals surface area contributed by atoms with Gasteiger partial charge in [0.25, 0.3) is 11.6 Å². The molecule has 7 nitrogen and oxygen atoms in total. The van der Waals surface area contributed by atoms with Crippen LogP contribution in [0.1, 0.15) is 28.9 Å². The summed E-state index contributed by atoms with van der Waals surface area (Å²) in [6.45, 7) is 1.65. The Balaban J connectivity index is 2.30. The van der Waals surface area contributed by atoms with Crippen LogP contribution in [0.15, 0.2) is 42.7 Å². The first-order chi connectivity index (χ1) is 9.99. The summed E-state index contributed by atoms with van der Waals surface area (Å²) in [6.07, 6.45) is 3.08. The van der Waals surface area contributed by atoms with Crippen molar-refractivity contribution in [3.8, 4) is 0 Å². The topological polar surface area (TPSA) is 111 Å². The van der Waals surface area contributed by atoms with Gasteiger partial charge in [0.1, 0.15) is 0 Å². The Morgan fingerprint density at radius 3 is 2.57 bits per heavy atom. The lowest BCUT2D eigenvalue weighted by atomic mass is 10.0. The Hall–Kier alpha value is -2.80. The van der Waals surface area contributed by atoms with Crippen LogP contribution < -0.4 is 11.1 Å². The van der Waals surface area contributed by atoms with Gasteiger partial charge in [-0.3, -0.25) is 19.9 Å². The summed E-state index contributed by atoms with van der Waals surface area (Å²) in [6, 6.07) is 7.02. The summed E-state index contributed by atoms with van der Waals surface area (Å²) in [4.78, 5) is 26.5. The molecule has 0 bridgehead atoms. The Labute approximate surface area is 121 Å². The zero-order valence-corrected chi connectivity index (χ0v) is 11.3. The van der Waals surface area contributed by atoms with Crippen LogP contribution in [0.3, 0.4) is 0 Å². The molecule has 0 aliphatic carbocycles. The molecule has 3 N–H and O–H groups in total. The quantitative estimate of drug-likeness (QED) is 0.661. The van der Waals surface area contributed by atoms with Crippen molar-refractivity contribution in [3.63, 3.8) is 0 Å². The van der Waals surface area contributed by atoms with Crippen molar-refractivity contribution in [2.45, 2.75) is 13.0 Å². The predicted octanol–water partition coefficient (Wildman–Crippen LogP) is 2.26. The Bertz CT molecular complexity index is 671. The first-order valence-corrected chi connectivity index (χ1v) is 6.24. The van der Waals surface area contributed by atoms with E-state index in [1.165, 1.54) is 30.6 Å². The highest BCUT2D eigenvalue weighted by Gasteiger charge is 2.19. The fraction of sp³-hybridized carbons (Fsp3) is 0.143. The Kier molecular flexibility index (Phi) is 4.24. The maximum Gasteiger partial charge on any atom is 0.274 e. The zero-order chi connectivity index (χ0) is 15.4. The second-order valence-electron chi connectivity index (χ2n) is 4.51. The van der Waals surface area contributed by atoms with Gasteiger partial charge in [-0.1, -0.05) is 0 Å². The Morgan fingerprint density at radius 2 is 2.00 bits per heavy atom. The van der Waals surface area contributed by atoms with Crippen LogP contribution in [0, 0.1) is 10.1 Å². The number of benzene rings is 1. The highest BCUT2D eigenvalue weighted by Crippen LogP contribution is 2.25. The number of nitro benzene ring substituents is 1. The van der Waals surface area contributed by atoms with Gasteiger partial charge in [-0.25, -0.2) is 0 Å². The minimum Gasteiger partial charge on any atom is -0.324 e. The molecule has 7 heteroatoms. The number of carbonyl (C=O) groups is 1. The molecular formula is C14H14N4O3. The smallest absolute Gasteiger partial charge is 0.274 e. The molecule has 1 aromatic heterocycles. The molecule has 0 aliphatic heterocycles. The van der Waals surface area contributed by atoms with Crippen LogP contribution in [0.25, 0.3) is 0 Å². The van der Waals surface area contributed by atoms with Crippen molar-refractivity contribution in [1.29, 1.82) is 0 Å². The fourth-order valence-electron chi connectivity index (χ4n) is 1.87. The number of nitrogens with one attached hydrogen (secondary N) is 1. The molecular weight excluding hydrogens is 272 g/mol. The van der Waals surface area contributed by atoms with Gasteiger partial charge in [-0.15, -0.1) is 0 Å². The molecule has 1 atom stereocenters. The molecule has 0 saturated heterocycles. The van der Waals surface area contributed by atoms with Gasteiger partial charge in [-0.2, -0.15) is 0 Å². The summed E-state index contributed by atoms with van der Waals surface area (Å²) < 4.78 is 0. The van der Waals surface area contributed by atoms with Crippen LogP contribution in [0.4, 0.5) is 11.4 Å². The predicted molar refractivity (Wildman–Crippen MR) is 77.9 cm³/mol. The summed E-state index contributed by atoms with van der Waals surface area (Å²) in [5, 5.41) is 13.7. The normalized spacial score (nSPS) is 11.7. The van der Waals surface area contributed by atoms with Gasteiger partial charge in [0, 0.05) is 41.3 Å². The highest BCUT2D eigenvalue weighted by atomic mass is 16.6. The number of nitro groups is 1. The van der Waals surface area contributed by atoms with Gasteiger partial charge < -0.3 is 11.1 Å². The molecule has 2 rings (SSSR count). The third-order valence-corrected chi connectivity index (χ3v) is 2.92. The summed E-state index contributed by atoms with van der Waals surface area (Å²) >= 11 is 0. The molecule has 0 aliphatic rings. The van der Waals surface area contributed by atoms with Gasteiger partial charge in [-0.05, 0) is 31.2 Å². The molecule has 0 unspecified atom stereocenters. The SMILES string of the molecule is C[C@@H](N)c1ccc(C(=O)Nc2ccncc2)cc1[N+](=O)[O-]. The number of hydrogen-bond acceptors (Lipinski definition) is 5. The van der Waals surface area contributed by atoms with Crippen LogP contribution in [0.2, 0.25) is 0 Å². The van der Waals surface area contributed by atoms with E-state index in [1.54, 1.807) is 19.1 Å². The molecule has 1 aromatic carbocycles. The van der Waals surface area contributed by atoms with Gasteiger partial charge in [0.15, 0.2) is 0 Å². The minimum absolute atomic E-state index is 0.160. The van der Waals surface area contributed by atoms with E-state index in [0.29, 0.717) is 11.3 Å². The number of hydrogen-bond donors (Lipinski definition) is 2. The zero-order valence-electron chi connectivity index (χ0n) is 11.3. The average molecular weight is 286 g/mol.